The molecule has 54 valence electrons. The van der Waals surface area contributed by atoms with Crippen molar-refractivity contribution in [1.29, 1.82) is 0 Å². The molecule has 0 aliphatic carbocycles. The fraction of sp³-hybridized carbons (Fsp3) is 0.429. The molecule has 1 aliphatic rings. The van der Waals surface area contributed by atoms with E-state index in [1.165, 1.54) is 0 Å². The van der Waals surface area contributed by atoms with Crippen LogP contribution in [0, 0.1) is 5.38 Å². The van der Waals surface area contributed by atoms with Gasteiger partial charge in [0.15, 0.2) is 0 Å². The minimum absolute atomic E-state index is 0. The van der Waals surface area contributed by atoms with E-state index in [1.807, 2.05) is 12.1 Å². The first-order valence-corrected chi connectivity index (χ1v) is 3.97. The second-order valence-corrected chi connectivity index (χ2v) is 2.94. The van der Waals surface area contributed by atoms with E-state index in [2.05, 4.69) is 5.38 Å². The summed E-state index contributed by atoms with van der Waals surface area (Å²) in [5, 5.41) is 2.99. The van der Waals surface area contributed by atoms with Gasteiger partial charge in [0, 0.05) is 0 Å². The molecule has 2 nitrogen and oxygen atoms in total. The van der Waals surface area contributed by atoms with Gasteiger partial charge in [0.1, 0.15) is 6.29 Å². The Balaban J connectivity index is 0.000000605. The van der Waals surface area contributed by atoms with Gasteiger partial charge in [-0.15, -0.1) is 5.38 Å². The molecule has 11 heavy (non-hydrogen) atoms. The topological polar surface area (TPSA) is 18.5 Å². The third-order valence-electron chi connectivity index (χ3n) is 1.35. The molecule has 0 radical (unpaired) electrons. The number of hydrogen-bond acceptors (Lipinski definition) is 3. The second kappa shape index (κ2) is 4.31. The molecule has 1 saturated heterocycles. The molecule has 0 aromatic carbocycles. The van der Waals surface area contributed by atoms with Crippen LogP contribution in [-0.2, 0) is 29.0 Å². The smallest absolute Gasteiger partial charge is 0.357 e. The number of hydrogen-bond donors (Lipinski definition) is 0. The van der Waals surface area contributed by atoms with Gasteiger partial charge in [-0.3, -0.25) is 11.3 Å². The average Bonchev–Trinajstić information content (AvgIpc) is 2.59. The molecular weight excluding hydrogens is 214 g/mol. The van der Waals surface area contributed by atoms with Crippen LogP contribution in [0.3, 0.4) is 0 Å². The summed E-state index contributed by atoms with van der Waals surface area (Å²) >= 11 is 1.55. The molecule has 0 amide bonds. The van der Waals surface area contributed by atoms with Crippen molar-refractivity contribution in [3.63, 3.8) is 0 Å². The van der Waals surface area contributed by atoms with Gasteiger partial charge in [-0.05, 0) is 0 Å². The predicted molar refractivity (Wildman–Crippen MR) is 37.8 cm³/mol. The Bertz CT molecular complexity index is 194. The van der Waals surface area contributed by atoms with Crippen LogP contribution in [0.15, 0.2) is 12.1 Å². The van der Waals surface area contributed by atoms with Crippen LogP contribution in [0.25, 0.3) is 0 Å². The first-order chi connectivity index (χ1) is 4.97. The zero-order valence-corrected chi connectivity index (χ0v) is 9.86. The van der Waals surface area contributed by atoms with Gasteiger partial charge in [0.25, 0.3) is 0 Å². The Kier molecular flexibility index (Phi) is 3.66. The van der Waals surface area contributed by atoms with Crippen molar-refractivity contribution < 1.29 is 29.0 Å². The summed E-state index contributed by atoms with van der Waals surface area (Å²) in [6.07, 6.45) is -0.115. The molecule has 1 aromatic rings. The first-order valence-electron chi connectivity index (χ1n) is 3.16. The van der Waals surface area contributed by atoms with E-state index in [9.17, 15) is 0 Å². The van der Waals surface area contributed by atoms with E-state index < -0.39 is 0 Å². The Morgan fingerprint density at radius 3 is 2.73 bits per heavy atom. The Morgan fingerprint density at radius 2 is 2.18 bits per heavy atom. The summed E-state index contributed by atoms with van der Waals surface area (Å²) < 4.78 is 10.5. The average molecular weight is 221 g/mol. The summed E-state index contributed by atoms with van der Waals surface area (Å²) in [5.41, 5.74) is 0. The van der Waals surface area contributed by atoms with Crippen LogP contribution in [0.1, 0.15) is 11.2 Å². The van der Waals surface area contributed by atoms with E-state index in [0.717, 1.165) is 4.88 Å². The van der Waals surface area contributed by atoms with E-state index in [4.69, 9.17) is 9.47 Å². The fourth-order valence-corrected chi connectivity index (χ4v) is 1.54. The van der Waals surface area contributed by atoms with E-state index in [0.29, 0.717) is 13.2 Å². The molecule has 2 rings (SSSR count). The first kappa shape index (κ1) is 9.33. The van der Waals surface area contributed by atoms with Crippen molar-refractivity contribution >= 4 is 11.3 Å². The molecule has 0 spiro atoms. The van der Waals surface area contributed by atoms with Gasteiger partial charge in [-0.2, -0.15) is 12.1 Å². The minimum atomic E-state index is -0.115. The van der Waals surface area contributed by atoms with Crippen molar-refractivity contribution in [2.75, 3.05) is 13.2 Å². The Morgan fingerprint density at radius 1 is 1.45 bits per heavy atom. The van der Waals surface area contributed by atoms with E-state index >= 15 is 0 Å². The standard InChI is InChI=1S/C7H7O2S.Zn/c1-2-6(10-5-1)7-8-3-4-9-7;/h1-2,7H,3-4H2;/q-1;+2. The SMILES string of the molecule is [Zn+2].[c-]1ccc(C2OCCO2)s1. The third kappa shape index (κ3) is 2.09. The minimum Gasteiger partial charge on any atom is -0.357 e. The quantitative estimate of drug-likeness (QED) is 0.529. The van der Waals surface area contributed by atoms with Crippen molar-refractivity contribution in [2.24, 2.45) is 0 Å². The van der Waals surface area contributed by atoms with Gasteiger partial charge in [-0.1, -0.05) is 4.88 Å². The van der Waals surface area contributed by atoms with Crippen molar-refractivity contribution in [1.82, 2.24) is 0 Å². The summed E-state index contributed by atoms with van der Waals surface area (Å²) in [7, 11) is 0. The monoisotopic (exact) mass is 219 g/mol. The van der Waals surface area contributed by atoms with Crippen LogP contribution < -0.4 is 0 Å². The summed E-state index contributed by atoms with van der Waals surface area (Å²) in [4.78, 5) is 1.11. The normalized spacial score (nSPS) is 18.2. The molecule has 0 unspecified atom stereocenters. The molecule has 1 aliphatic heterocycles. The zero-order chi connectivity index (χ0) is 6.81. The predicted octanol–water partition coefficient (Wildman–Crippen LogP) is 1.59. The molecule has 0 atom stereocenters. The molecular formula is C7H7O2SZn+. The maximum Gasteiger partial charge on any atom is 2.00 e. The molecule has 0 N–H and O–H groups in total. The largest absolute Gasteiger partial charge is 2.00 e. The van der Waals surface area contributed by atoms with Crippen molar-refractivity contribution in [3.05, 3.63) is 22.4 Å². The molecule has 4 heteroatoms. The van der Waals surface area contributed by atoms with Crippen LogP contribution in [0.4, 0.5) is 0 Å². The third-order valence-corrected chi connectivity index (χ3v) is 2.16. The molecule has 0 bridgehead atoms. The molecule has 1 fully saturated rings. The van der Waals surface area contributed by atoms with Crippen LogP contribution in [-0.4, -0.2) is 13.2 Å². The van der Waals surface area contributed by atoms with Gasteiger partial charge in [0.05, 0.1) is 13.2 Å². The summed E-state index contributed by atoms with van der Waals surface area (Å²) in [6, 6.07) is 3.85. The van der Waals surface area contributed by atoms with Crippen LogP contribution >= 0.6 is 11.3 Å². The van der Waals surface area contributed by atoms with Crippen molar-refractivity contribution in [2.45, 2.75) is 6.29 Å². The second-order valence-electron chi connectivity index (χ2n) is 2.03. The summed E-state index contributed by atoms with van der Waals surface area (Å²) in [6.45, 7) is 1.42. The van der Waals surface area contributed by atoms with Crippen LogP contribution in [0.5, 0.6) is 0 Å². The number of thiophene rings is 1. The van der Waals surface area contributed by atoms with Gasteiger partial charge < -0.3 is 9.47 Å². The van der Waals surface area contributed by atoms with Gasteiger partial charge in [-0.25, -0.2) is 0 Å². The number of ether oxygens (including phenoxy) is 2. The maximum atomic E-state index is 5.27. The zero-order valence-electron chi connectivity index (χ0n) is 6.08. The molecule has 2 heterocycles. The molecule has 1 aromatic heterocycles. The van der Waals surface area contributed by atoms with E-state index in [-0.39, 0.29) is 25.8 Å². The van der Waals surface area contributed by atoms with Gasteiger partial charge >= 0.3 is 19.5 Å². The fourth-order valence-electron chi connectivity index (χ4n) is 0.902. The van der Waals surface area contributed by atoms with Crippen LogP contribution in [0.2, 0.25) is 0 Å². The Hall–Kier alpha value is 0.243. The number of rotatable bonds is 1. The van der Waals surface area contributed by atoms with Gasteiger partial charge in [0.2, 0.25) is 0 Å². The molecule has 0 saturated carbocycles. The Labute approximate surface area is 82.3 Å². The summed E-state index contributed by atoms with van der Waals surface area (Å²) in [5.74, 6) is 0. The maximum absolute atomic E-state index is 5.27. The van der Waals surface area contributed by atoms with E-state index in [1.54, 1.807) is 11.3 Å². The van der Waals surface area contributed by atoms with Crippen molar-refractivity contribution in [3.8, 4) is 0 Å².